The molecule has 1 aliphatic carbocycles. The maximum Gasteiger partial charge on any atom is 0.0167 e. The Labute approximate surface area is 87.4 Å². The molecule has 0 amide bonds. The van der Waals surface area contributed by atoms with Crippen molar-refractivity contribution in [2.45, 2.75) is 32.2 Å². The number of rotatable bonds is 2. The minimum Gasteiger partial charge on any atom is -0.312 e. The van der Waals surface area contributed by atoms with Crippen LogP contribution in [0.25, 0.3) is 0 Å². The number of allylic oxidation sites excluding steroid dienone is 2. The molecular formula is C12H22N2. The topological polar surface area (TPSA) is 15.3 Å². The van der Waals surface area contributed by atoms with Gasteiger partial charge in [-0.1, -0.05) is 12.2 Å². The summed E-state index contributed by atoms with van der Waals surface area (Å²) >= 11 is 0. The monoisotopic (exact) mass is 194 g/mol. The molecule has 2 atom stereocenters. The van der Waals surface area contributed by atoms with Gasteiger partial charge in [0.05, 0.1) is 0 Å². The average Bonchev–Trinajstić information content (AvgIpc) is 2.19. The summed E-state index contributed by atoms with van der Waals surface area (Å²) in [6.07, 6.45) is 8.69. The number of piperazine rings is 1. The van der Waals surface area contributed by atoms with Crippen molar-refractivity contribution in [2.24, 2.45) is 5.92 Å². The summed E-state index contributed by atoms with van der Waals surface area (Å²) in [5.74, 6) is 0.922. The first-order chi connectivity index (χ1) is 6.84. The molecule has 0 aromatic carbocycles. The van der Waals surface area contributed by atoms with Gasteiger partial charge in [-0.2, -0.15) is 0 Å². The summed E-state index contributed by atoms with van der Waals surface area (Å²) in [5.41, 5.74) is 0. The van der Waals surface area contributed by atoms with Crippen LogP contribution in [0, 0.1) is 5.92 Å². The van der Waals surface area contributed by atoms with Crippen molar-refractivity contribution in [1.29, 1.82) is 0 Å². The van der Waals surface area contributed by atoms with Gasteiger partial charge >= 0.3 is 0 Å². The highest BCUT2D eigenvalue weighted by atomic mass is 15.2. The first-order valence-electron chi connectivity index (χ1n) is 5.95. The van der Waals surface area contributed by atoms with Gasteiger partial charge < -0.3 is 10.2 Å². The van der Waals surface area contributed by atoms with Crippen LogP contribution in [0.15, 0.2) is 12.2 Å². The number of nitrogens with zero attached hydrogens (tertiary/aromatic N) is 1. The molecule has 1 N–H and O–H groups in total. The summed E-state index contributed by atoms with van der Waals surface area (Å²) < 4.78 is 0. The molecule has 0 aromatic heterocycles. The fourth-order valence-corrected chi connectivity index (χ4v) is 2.57. The van der Waals surface area contributed by atoms with Crippen molar-refractivity contribution in [1.82, 2.24) is 10.2 Å². The number of nitrogens with one attached hydrogen (secondary N) is 1. The summed E-state index contributed by atoms with van der Waals surface area (Å²) in [4.78, 5) is 2.63. The van der Waals surface area contributed by atoms with Gasteiger partial charge in [0.25, 0.3) is 0 Å². The maximum absolute atomic E-state index is 3.49. The zero-order valence-electron chi connectivity index (χ0n) is 9.21. The van der Waals surface area contributed by atoms with Crippen molar-refractivity contribution in [2.75, 3.05) is 26.2 Å². The van der Waals surface area contributed by atoms with Crippen LogP contribution < -0.4 is 5.32 Å². The third kappa shape index (κ3) is 2.82. The number of hydrogen-bond donors (Lipinski definition) is 1. The van der Waals surface area contributed by atoms with Gasteiger partial charge in [-0.15, -0.1) is 0 Å². The van der Waals surface area contributed by atoms with Crippen molar-refractivity contribution in [3.8, 4) is 0 Å². The van der Waals surface area contributed by atoms with Crippen molar-refractivity contribution in [3.05, 3.63) is 12.2 Å². The van der Waals surface area contributed by atoms with E-state index in [2.05, 4.69) is 29.3 Å². The predicted octanol–water partition coefficient (Wildman–Crippen LogP) is 1.64. The molecule has 1 fully saturated rings. The van der Waals surface area contributed by atoms with Crippen LogP contribution >= 0.6 is 0 Å². The second-order valence-electron chi connectivity index (χ2n) is 4.77. The van der Waals surface area contributed by atoms with Crippen LogP contribution in [0.4, 0.5) is 0 Å². The van der Waals surface area contributed by atoms with E-state index in [0.717, 1.165) is 5.92 Å². The Kier molecular flexibility index (Phi) is 3.60. The third-order valence-corrected chi connectivity index (χ3v) is 3.35. The van der Waals surface area contributed by atoms with E-state index >= 15 is 0 Å². The summed E-state index contributed by atoms with van der Waals surface area (Å²) in [5, 5.41) is 3.49. The van der Waals surface area contributed by atoms with E-state index in [9.17, 15) is 0 Å². The highest BCUT2D eigenvalue weighted by Crippen LogP contribution is 2.19. The number of hydrogen-bond acceptors (Lipinski definition) is 2. The summed E-state index contributed by atoms with van der Waals surface area (Å²) in [6, 6.07) is 0.683. The molecule has 1 aliphatic heterocycles. The van der Waals surface area contributed by atoms with E-state index in [1.165, 1.54) is 45.4 Å². The van der Waals surface area contributed by atoms with Crippen LogP contribution in [-0.2, 0) is 0 Å². The van der Waals surface area contributed by atoms with E-state index in [4.69, 9.17) is 0 Å². The van der Waals surface area contributed by atoms with E-state index < -0.39 is 0 Å². The van der Waals surface area contributed by atoms with Gasteiger partial charge in [0.2, 0.25) is 0 Å². The summed E-state index contributed by atoms with van der Waals surface area (Å²) in [6.45, 7) is 7.25. The Morgan fingerprint density at radius 3 is 3.07 bits per heavy atom. The SMILES string of the molecule is C[C@H]1CN(CC2CC=CCC2)CCN1. The van der Waals surface area contributed by atoms with Crippen LogP contribution in [0.5, 0.6) is 0 Å². The smallest absolute Gasteiger partial charge is 0.0167 e. The lowest BCUT2D eigenvalue weighted by atomic mass is 9.93. The molecule has 0 spiro atoms. The highest BCUT2D eigenvalue weighted by Gasteiger charge is 2.19. The van der Waals surface area contributed by atoms with Gasteiger partial charge in [-0.05, 0) is 32.1 Å². The van der Waals surface area contributed by atoms with Gasteiger partial charge in [0.15, 0.2) is 0 Å². The van der Waals surface area contributed by atoms with Crippen LogP contribution in [0.1, 0.15) is 26.2 Å². The summed E-state index contributed by atoms with van der Waals surface area (Å²) in [7, 11) is 0. The molecule has 2 heteroatoms. The molecule has 14 heavy (non-hydrogen) atoms. The lowest BCUT2D eigenvalue weighted by molar-refractivity contribution is 0.174. The Hall–Kier alpha value is -0.340. The Morgan fingerprint density at radius 1 is 1.43 bits per heavy atom. The fourth-order valence-electron chi connectivity index (χ4n) is 2.57. The van der Waals surface area contributed by atoms with Gasteiger partial charge in [-0.3, -0.25) is 0 Å². The highest BCUT2D eigenvalue weighted by molar-refractivity contribution is 4.91. The predicted molar refractivity (Wildman–Crippen MR) is 60.4 cm³/mol. The van der Waals surface area contributed by atoms with Gasteiger partial charge in [0.1, 0.15) is 0 Å². The molecule has 2 aliphatic rings. The minimum absolute atomic E-state index is 0.683. The molecule has 80 valence electrons. The van der Waals surface area contributed by atoms with Gasteiger partial charge in [0, 0.05) is 32.2 Å². The van der Waals surface area contributed by atoms with Crippen molar-refractivity contribution in [3.63, 3.8) is 0 Å². The molecule has 0 aromatic rings. The van der Waals surface area contributed by atoms with E-state index in [1.54, 1.807) is 0 Å². The first kappa shape index (κ1) is 10.2. The molecular weight excluding hydrogens is 172 g/mol. The molecule has 1 heterocycles. The fraction of sp³-hybridized carbons (Fsp3) is 0.833. The average molecular weight is 194 g/mol. The molecule has 0 saturated carbocycles. The van der Waals surface area contributed by atoms with Crippen molar-refractivity contribution >= 4 is 0 Å². The lowest BCUT2D eigenvalue weighted by Crippen LogP contribution is -2.50. The normalized spacial score (nSPS) is 34.6. The standard InChI is InChI=1S/C12H22N2/c1-11-9-14(8-7-13-11)10-12-5-3-2-4-6-12/h2-3,11-13H,4-10H2,1H3/t11-,12?/m0/s1. The maximum atomic E-state index is 3.49. The molecule has 1 unspecified atom stereocenters. The minimum atomic E-state index is 0.683. The Balaban J connectivity index is 1.75. The van der Waals surface area contributed by atoms with E-state index in [1.807, 2.05) is 0 Å². The van der Waals surface area contributed by atoms with Crippen LogP contribution in [-0.4, -0.2) is 37.1 Å². The second-order valence-corrected chi connectivity index (χ2v) is 4.77. The van der Waals surface area contributed by atoms with Gasteiger partial charge in [-0.25, -0.2) is 0 Å². The largest absolute Gasteiger partial charge is 0.312 e. The van der Waals surface area contributed by atoms with Crippen LogP contribution in [0.2, 0.25) is 0 Å². The zero-order valence-corrected chi connectivity index (χ0v) is 9.21. The van der Waals surface area contributed by atoms with E-state index in [0.29, 0.717) is 6.04 Å². The zero-order chi connectivity index (χ0) is 9.80. The van der Waals surface area contributed by atoms with Crippen LogP contribution in [0.3, 0.4) is 0 Å². The Bertz CT molecular complexity index is 200. The lowest BCUT2D eigenvalue weighted by Gasteiger charge is -2.34. The molecule has 0 bridgehead atoms. The molecule has 1 saturated heterocycles. The molecule has 0 radical (unpaired) electrons. The molecule has 2 rings (SSSR count). The van der Waals surface area contributed by atoms with E-state index in [-0.39, 0.29) is 0 Å². The molecule has 2 nitrogen and oxygen atoms in total. The van der Waals surface area contributed by atoms with Crippen molar-refractivity contribution < 1.29 is 0 Å². The second kappa shape index (κ2) is 4.94. The first-order valence-corrected chi connectivity index (χ1v) is 5.95. The quantitative estimate of drug-likeness (QED) is 0.672. The Morgan fingerprint density at radius 2 is 2.36 bits per heavy atom. The third-order valence-electron chi connectivity index (χ3n) is 3.35.